The van der Waals surface area contributed by atoms with Gasteiger partial charge in [0.2, 0.25) is 0 Å². The molecule has 0 saturated carbocycles. The molecule has 1 aromatic heterocycles. The summed E-state index contributed by atoms with van der Waals surface area (Å²) in [6, 6.07) is 7.47. The van der Waals surface area contributed by atoms with Gasteiger partial charge in [-0.2, -0.15) is 0 Å². The van der Waals surface area contributed by atoms with Crippen LogP contribution in [0.15, 0.2) is 34.1 Å². The summed E-state index contributed by atoms with van der Waals surface area (Å²) >= 11 is 4.88. The van der Waals surface area contributed by atoms with Crippen molar-refractivity contribution in [3.63, 3.8) is 0 Å². The molecule has 1 aromatic carbocycles. The van der Waals surface area contributed by atoms with Crippen LogP contribution < -0.4 is 9.47 Å². The number of aliphatic hydroxyl groups is 1. The van der Waals surface area contributed by atoms with Crippen LogP contribution in [0.4, 0.5) is 0 Å². The normalized spacial score (nSPS) is 12.2. The number of halogens is 1. The Kier molecular flexibility index (Phi) is 4.85. The fraction of sp³-hybridized carbons (Fsp3) is 0.286. The second-order valence-electron chi connectivity index (χ2n) is 3.87. The Hall–Kier alpha value is -1.04. The fourth-order valence-corrected chi connectivity index (χ4v) is 3.08. The molecule has 0 radical (unpaired) electrons. The number of rotatable bonds is 5. The number of methoxy groups -OCH3 is 1. The highest BCUT2D eigenvalue weighted by atomic mass is 79.9. The molecule has 0 spiro atoms. The summed E-state index contributed by atoms with van der Waals surface area (Å²) in [7, 11) is 1.60. The zero-order chi connectivity index (χ0) is 13.8. The fourth-order valence-electron chi connectivity index (χ4n) is 1.84. The Bertz CT molecular complexity index is 553. The second kappa shape index (κ2) is 6.41. The maximum atomic E-state index is 10.6. The SMILES string of the molecule is CCOc1ccc(Br)cc1C(O)c1sccc1OC. The lowest BCUT2D eigenvalue weighted by Gasteiger charge is -2.16. The van der Waals surface area contributed by atoms with Crippen molar-refractivity contribution in [2.24, 2.45) is 0 Å². The molecular formula is C14H15BrO3S. The first-order valence-electron chi connectivity index (χ1n) is 5.89. The molecule has 0 bridgehead atoms. The maximum Gasteiger partial charge on any atom is 0.135 e. The average molecular weight is 343 g/mol. The van der Waals surface area contributed by atoms with Crippen LogP contribution in [-0.4, -0.2) is 18.8 Å². The van der Waals surface area contributed by atoms with Crippen molar-refractivity contribution in [3.05, 3.63) is 44.6 Å². The minimum absolute atomic E-state index is 0.558. The highest BCUT2D eigenvalue weighted by molar-refractivity contribution is 9.10. The van der Waals surface area contributed by atoms with E-state index in [-0.39, 0.29) is 0 Å². The van der Waals surface area contributed by atoms with Crippen molar-refractivity contribution in [2.75, 3.05) is 13.7 Å². The van der Waals surface area contributed by atoms with Crippen LogP contribution in [0, 0.1) is 0 Å². The van der Waals surface area contributed by atoms with Gasteiger partial charge in [0.15, 0.2) is 0 Å². The summed E-state index contributed by atoms with van der Waals surface area (Å²) in [6.07, 6.45) is -0.756. The largest absolute Gasteiger partial charge is 0.495 e. The van der Waals surface area contributed by atoms with Crippen LogP contribution in [-0.2, 0) is 0 Å². The van der Waals surface area contributed by atoms with Crippen LogP contribution in [0.5, 0.6) is 11.5 Å². The Morgan fingerprint density at radius 3 is 2.79 bits per heavy atom. The Labute approximate surface area is 124 Å². The third kappa shape index (κ3) is 3.11. The number of benzene rings is 1. The zero-order valence-corrected chi connectivity index (χ0v) is 13.1. The Balaban J connectivity index is 2.42. The first kappa shape index (κ1) is 14.4. The van der Waals surface area contributed by atoms with E-state index < -0.39 is 6.10 Å². The molecule has 5 heteroatoms. The molecule has 1 N–H and O–H groups in total. The molecule has 0 fully saturated rings. The quantitative estimate of drug-likeness (QED) is 0.892. The van der Waals surface area contributed by atoms with Crippen molar-refractivity contribution in [3.8, 4) is 11.5 Å². The Morgan fingerprint density at radius 1 is 1.32 bits per heavy atom. The molecule has 2 aromatic rings. The van der Waals surface area contributed by atoms with Crippen molar-refractivity contribution < 1.29 is 14.6 Å². The van der Waals surface area contributed by atoms with Gasteiger partial charge in [-0.05, 0) is 36.6 Å². The first-order chi connectivity index (χ1) is 9.17. The molecule has 1 unspecified atom stereocenters. The maximum absolute atomic E-state index is 10.6. The molecule has 0 aliphatic rings. The smallest absolute Gasteiger partial charge is 0.135 e. The average Bonchev–Trinajstić information content (AvgIpc) is 2.88. The molecule has 0 saturated heterocycles. The van der Waals surface area contributed by atoms with Gasteiger partial charge in [-0.25, -0.2) is 0 Å². The highest BCUT2D eigenvalue weighted by Crippen LogP contribution is 2.39. The zero-order valence-electron chi connectivity index (χ0n) is 10.7. The van der Waals surface area contributed by atoms with Gasteiger partial charge in [0.25, 0.3) is 0 Å². The van der Waals surface area contributed by atoms with Gasteiger partial charge in [-0.15, -0.1) is 11.3 Å². The molecular weight excluding hydrogens is 328 g/mol. The summed E-state index contributed by atoms with van der Waals surface area (Å²) in [5.74, 6) is 1.38. The predicted octanol–water partition coefficient (Wildman–Crippen LogP) is 4.00. The van der Waals surface area contributed by atoms with E-state index in [0.29, 0.717) is 18.1 Å². The van der Waals surface area contributed by atoms with Gasteiger partial charge in [0, 0.05) is 10.0 Å². The molecule has 2 rings (SSSR count). The van der Waals surface area contributed by atoms with E-state index in [1.54, 1.807) is 7.11 Å². The molecule has 0 aliphatic carbocycles. The highest BCUT2D eigenvalue weighted by Gasteiger charge is 2.21. The standard InChI is InChI=1S/C14H15BrO3S/c1-3-18-11-5-4-9(15)8-10(11)13(16)14-12(17-2)6-7-19-14/h4-8,13,16H,3H2,1-2H3. The van der Waals surface area contributed by atoms with E-state index in [0.717, 1.165) is 14.9 Å². The van der Waals surface area contributed by atoms with E-state index in [9.17, 15) is 5.11 Å². The minimum atomic E-state index is -0.756. The van der Waals surface area contributed by atoms with Crippen molar-refractivity contribution in [1.82, 2.24) is 0 Å². The van der Waals surface area contributed by atoms with E-state index in [2.05, 4.69) is 15.9 Å². The molecule has 0 aliphatic heterocycles. The number of hydrogen-bond acceptors (Lipinski definition) is 4. The first-order valence-corrected chi connectivity index (χ1v) is 7.56. The van der Waals surface area contributed by atoms with Crippen molar-refractivity contribution >= 4 is 27.3 Å². The number of ether oxygens (including phenoxy) is 2. The number of aliphatic hydroxyl groups excluding tert-OH is 1. The molecule has 19 heavy (non-hydrogen) atoms. The predicted molar refractivity (Wildman–Crippen MR) is 80.2 cm³/mol. The van der Waals surface area contributed by atoms with Crippen LogP contribution in [0.2, 0.25) is 0 Å². The van der Waals surface area contributed by atoms with E-state index >= 15 is 0 Å². The van der Waals surface area contributed by atoms with Gasteiger partial charge in [-0.1, -0.05) is 15.9 Å². The summed E-state index contributed by atoms with van der Waals surface area (Å²) < 4.78 is 11.7. The third-order valence-corrected chi connectivity index (χ3v) is 4.14. The molecule has 102 valence electrons. The Morgan fingerprint density at radius 2 is 2.11 bits per heavy atom. The number of hydrogen-bond donors (Lipinski definition) is 1. The minimum Gasteiger partial charge on any atom is -0.495 e. The van der Waals surface area contributed by atoms with Crippen molar-refractivity contribution in [1.29, 1.82) is 0 Å². The van der Waals surface area contributed by atoms with Crippen LogP contribution >= 0.6 is 27.3 Å². The van der Waals surface area contributed by atoms with Gasteiger partial charge < -0.3 is 14.6 Å². The molecule has 3 nitrogen and oxygen atoms in total. The van der Waals surface area contributed by atoms with Crippen molar-refractivity contribution in [2.45, 2.75) is 13.0 Å². The lowest BCUT2D eigenvalue weighted by Crippen LogP contribution is -2.04. The van der Waals surface area contributed by atoms with Gasteiger partial charge in [0.05, 0.1) is 18.6 Å². The van der Waals surface area contributed by atoms with E-state index in [1.807, 2.05) is 36.6 Å². The lowest BCUT2D eigenvalue weighted by atomic mass is 10.1. The van der Waals surface area contributed by atoms with Crippen LogP contribution in [0.1, 0.15) is 23.5 Å². The van der Waals surface area contributed by atoms with Gasteiger partial charge in [-0.3, -0.25) is 0 Å². The second-order valence-corrected chi connectivity index (χ2v) is 5.73. The summed E-state index contributed by atoms with van der Waals surface area (Å²) in [5.41, 5.74) is 0.733. The summed E-state index contributed by atoms with van der Waals surface area (Å²) in [5, 5.41) is 12.5. The molecule has 1 heterocycles. The van der Waals surface area contributed by atoms with Gasteiger partial charge in [0.1, 0.15) is 17.6 Å². The third-order valence-electron chi connectivity index (χ3n) is 2.69. The summed E-state index contributed by atoms with van der Waals surface area (Å²) in [4.78, 5) is 0.779. The monoisotopic (exact) mass is 342 g/mol. The van der Waals surface area contributed by atoms with Gasteiger partial charge >= 0.3 is 0 Å². The van der Waals surface area contributed by atoms with E-state index in [4.69, 9.17) is 9.47 Å². The molecule has 1 atom stereocenters. The van der Waals surface area contributed by atoms with E-state index in [1.165, 1.54) is 11.3 Å². The van der Waals surface area contributed by atoms with Crippen LogP contribution in [0.3, 0.4) is 0 Å². The van der Waals surface area contributed by atoms with Crippen LogP contribution in [0.25, 0.3) is 0 Å². The summed E-state index contributed by atoms with van der Waals surface area (Å²) in [6.45, 7) is 2.48. The lowest BCUT2D eigenvalue weighted by molar-refractivity contribution is 0.211. The topological polar surface area (TPSA) is 38.7 Å². The molecule has 0 amide bonds. The number of thiophene rings is 1.